The van der Waals surface area contributed by atoms with Crippen molar-refractivity contribution in [1.29, 1.82) is 0 Å². The van der Waals surface area contributed by atoms with Gasteiger partial charge in [0.1, 0.15) is 0 Å². The molecule has 0 saturated carbocycles. The van der Waals surface area contributed by atoms with Crippen LogP contribution in [0.5, 0.6) is 0 Å². The van der Waals surface area contributed by atoms with Gasteiger partial charge in [-0.3, -0.25) is 9.59 Å². The van der Waals surface area contributed by atoms with Gasteiger partial charge in [0.15, 0.2) is 5.78 Å². The fourth-order valence-electron chi connectivity index (χ4n) is 2.02. The first-order valence-electron chi connectivity index (χ1n) is 6.56. The number of benzene rings is 2. The Morgan fingerprint density at radius 1 is 1.05 bits per heavy atom. The number of ketones is 1. The van der Waals surface area contributed by atoms with Gasteiger partial charge in [-0.15, -0.1) is 4.99 Å². The summed E-state index contributed by atoms with van der Waals surface area (Å²) >= 11 is 0. The molecule has 2 aromatic carbocycles. The normalized spacial score (nSPS) is 10.1. The van der Waals surface area contributed by atoms with Gasteiger partial charge in [0, 0.05) is 25.2 Å². The van der Waals surface area contributed by atoms with E-state index in [0.717, 1.165) is 0 Å². The number of hydrogen-bond donors (Lipinski definition) is 2. The number of carbonyl (C=O) groups excluding carboxylic acids is 2. The first-order valence-corrected chi connectivity index (χ1v) is 6.56. The molecule has 0 radical (unpaired) electrons. The van der Waals surface area contributed by atoms with Crippen molar-refractivity contribution >= 4 is 17.4 Å². The van der Waals surface area contributed by atoms with Gasteiger partial charge in [0.2, 0.25) is 0 Å². The van der Waals surface area contributed by atoms with E-state index in [1.807, 2.05) is 6.07 Å². The quantitative estimate of drug-likeness (QED) is 0.504. The van der Waals surface area contributed by atoms with Gasteiger partial charge in [0.25, 0.3) is 5.91 Å². The smallest absolute Gasteiger partial charge is 0.254 e. The van der Waals surface area contributed by atoms with Crippen LogP contribution in [0.1, 0.15) is 26.3 Å². The van der Waals surface area contributed by atoms with Crippen LogP contribution in [0.25, 0.3) is 0 Å². The lowest BCUT2D eigenvalue weighted by molar-refractivity contribution is -0.215. The van der Waals surface area contributed by atoms with Crippen molar-refractivity contribution in [3.63, 3.8) is 0 Å². The van der Waals surface area contributed by atoms with Gasteiger partial charge in [-0.25, -0.2) is 10.7 Å². The maximum absolute atomic E-state index is 12.6. The summed E-state index contributed by atoms with van der Waals surface area (Å²) in [6, 6.07) is 13.2. The monoisotopic (exact) mass is 300 g/mol. The topological polar surface area (TPSA) is 78.9 Å². The summed E-state index contributed by atoms with van der Waals surface area (Å²) < 4.78 is 0. The van der Waals surface area contributed by atoms with E-state index in [0.29, 0.717) is 11.3 Å². The summed E-state index contributed by atoms with van der Waals surface area (Å²) in [6.07, 6.45) is 0. The van der Waals surface area contributed by atoms with E-state index >= 15 is 0 Å². The molecule has 0 heterocycles. The second kappa shape index (κ2) is 6.84. The standard InChI is InChI=1S/C16H16N2O4/c1-18(2)16(20)14-10-12(17-22-21)8-9-13(14)15(19)11-6-4-3-5-7-11/h3-10,17,21H,1-2H3. The third-order valence-electron chi connectivity index (χ3n) is 3.10. The van der Waals surface area contributed by atoms with Crippen LogP contribution in [0.4, 0.5) is 5.69 Å². The van der Waals surface area contributed by atoms with E-state index in [2.05, 4.69) is 10.5 Å². The Balaban J connectivity index is 2.50. The van der Waals surface area contributed by atoms with Crippen molar-refractivity contribution in [2.45, 2.75) is 0 Å². The zero-order valence-electron chi connectivity index (χ0n) is 12.2. The Morgan fingerprint density at radius 2 is 1.73 bits per heavy atom. The van der Waals surface area contributed by atoms with Crippen molar-refractivity contribution in [2.24, 2.45) is 0 Å². The van der Waals surface area contributed by atoms with E-state index in [9.17, 15) is 9.59 Å². The summed E-state index contributed by atoms with van der Waals surface area (Å²) in [7, 11) is 3.20. The second-order valence-corrected chi connectivity index (χ2v) is 4.85. The molecule has 6 heteroatoms. The van der Waals surface area contributed by atoms with Crippen LogP contribution in [0.2, 0.25) is 0 Å². The lowest BCUT2D eigenvalue weighted by Crippen LogP contribution is -2.24. The molecule has 0 spiro atoms. The first-order chi connectivity index (χ1) is 10.5. The van der Waals surface area contributed by atoms with Crippen LogP contribution in [-0.4, -0.2) is 35.9 Å². The number of carbonyl (C=O) groups is 2. The minimum absolute atomic E-state index is 0.223. The lowest BCUT2D eigenvalue weighted by Gasteiger charge is -2.15. The van der Waals surface area contributed by atoms with Gasteiger partial charge in [-0.05, 0) is 18.2 Å². The molecule has 2 N–H and O–H groups in total. The van der Waals surface area contributed by atoms with Gasteiger partial charge in [-0.2, -0.15) is 0 Å². The van der Waals surface area contributed by atoms with E-state index in [4.69, 9.17) is 5.26 Å². The molecule has 0 atom stereocenters. The highest BCUT2D eigenvalue weighted by Crippen LogP contribution is 2.20. The highest BCUT2D eigenvalue weighted by Gasteiger charge is 2.20. The molecule has 6 nitrogen and oxygen atoms in total. The van der Waals surface area contributed by atoms with Crippen LogP contribution in [0.3, 0.4) is 0 Å². The van der Waals surface area contributed by atoms with E-state index in [1.54, 1.807) is 44.4 Å². The molecule has 0 aliphatic heterocycles. The number of hydrogen-bond acceptors (Lipinski definition) is 5. The fourth-order valence-corrected chi connectivity index (χ4v) is 2.02. The van der Waals surface area contributed by atoms with Crippen LogP contribution >= 0.6 is 0 Å². The molecule has 0 unspecified atom stereocenters. The Labute approximate surface area is 127 Å². The Morgan fingerprint density at radius 3 is 2.32 bits per heavy atom. The van der Waals surface area contributed by atoms with E-state index in [1.165, 1.54) is 17.0 Å². The summed E-state index contributed by atoms with van der Waals surface area (Å²) in [6.45, 7) is 0. The lowest BCUT2D eigenvalue weighted by atomic mass is 9.97. The van der Waals surface area contributed by atoms with Gasteiger partial charge in [-0.1, -0.05) is 30.3 Å². The zero-order chi connectivity index (χ0) is 16.1. The predicted octanol–water partition coefficient (Wildman–Crippen LogP) is 2.44. The average molecular weight is 300 g/mol. The molecular formula is C16H16N2O4. The van der Waals surface area contributed by atoms with Crippen molar-refractivity contribution in [3.05, 3.63) is 65.2 Å². The number of nitrogens with zero attached hydrogens (tertiary/aromatic N) is 1. The maximum atomic E-state index is 12.6. The third-order valence-corrected chi connectivity index (χ3v) is 3.10. The first kappa shape index (κ1) is 15.7. The second-order valence-electron chi connectivity index (χ2n) is 4.85. The maximum Gasteiger partial charge on any atom is 0.254 e. The zero-order valence-corrected chi connectivity index (χ0v) is 12.2. The Kier molecular flexibility index (Phi) is 4.88. The molecule has 0 bridgehead atoms. The largest absolute Gasteiger partial charge is 0.345 e. The summed E-state index contributed by atoms with van der Waals surface area (Å²) in [5.74, 6) is -0.567. The molecule has 2 rings (SSSR count). The molecular weight excluding hydrogens is 284 g/mol. The molecule has 1 amide bonds. The minimum atomic E-state index is -0.319. The fraction of sp³-hybridized carbons (Fsp3) is 0.125. The minimum Gasteiger partial charge on any atom is -0.345 e. The summed E-state index contributed by atoms with van der Waals surface area (Å²) in [4.78, 5) is 30.1. The van der Waals surface area contributed by atoms with Crippen LogP contribution in [-0.2, 0) is 4.99 Å². The molecule has 0 aliphatic carbocycles. The molecule has 0 aliphatic rings. The van der Waals surface area contributed by atoms with Gasteiger partial charge in [0.05, 0.1) is 11.3 Å². The van der Waals surface area contributed by atoms with Crippen LogP contribution in [0, 0.1) is 0 Å². The third kappa shape index (κ3) is 3.30. The number of rotatable bonds is 5. The van der Waals surface area contributed by atoms with Crippen molar-refractivity contribution in [2.75, 3.05) is 19.6 Å². The highest BCUT2D eigenvalue weighted by molar-refractivity contribution is 6.15. The SMILES string of the molecule is CN(C)C(=O)c1cc(NOO)ccc1C(=O)c1ccccc1. The van der Waals surface area contributed by atoms with E-state index in [-0.39, 0.29) is 22.8 Å². The van der Waals surface area contributed by atoms with Crippen molar-refractivity contribution in [3.8, 4) is 0 Å². The van der Waals surface area contributed by atoms with Gasteiger partial charge < -0.3 is 4.90 Å². The van der Waals surface area contributed by atoms with Crippen LogP contribution in [0.15, 0.2) is 48.5 Å². The Hall–Kier alpha value is -2.70. The molecule has 0 saturated heterocycles. The van der Waals surface area contributed by atoms with E-state index < -0.39 is 0 Å². The molecule has 0 fully saturated rings. The Bertz CT molecular complexity index is 684. The summed E-state index contributed by atoms with van der Waals surface area (Å²) in [5, 5.41) is 8.44. The summed E-state index contributed by atoms with van der Waals surface area (Å²) in [5.41, 5.74) is 3.58. The average Bonchev–Trinajstić information content (AvgIpc) is 2.54. The molecule has 114 valence electrons. The van der Waals surface area contributed by atoms with Crippen molar-refractivity contribution < 1.29 is 19.8 Å². The molecule has 0 aromatic heterocycles. The number of anilines is 1. The molecule has 22 heavy (non-hydrogen) atoms. The van der Waals surface area contributed by atoms with Crippen molar-refractivity contribution in [1.82, 2.24) is 4.90 Å². The number of amides is 1. The highest BCUT2D eigenvalue weighted by atomic mass is 17.2. The van der Waals surface area contributed by atoms with Gasteiger partial charge >= 0.3 is 0 Å². The number of nitrogens with one attached hydrogen (secondary N) is 1. The van der Waals surface area contributed by atoms with Crippen LogP contribution < -0.4 is 5.48 Å². The molecule has 2 aromatic rings. The predicted molar refractivity (Wildman–Crippen MR) is 81.7 cm³/mol.